The molecular weight excluding hydrogens is 419 g/mol. The molecule has 0 saturated heterocycles. The molecule has 0 amide bonds. The maximum absolute atomic E-state index is 13.2. The second-order valence-corrected chi connectivity index (χ2v) is 8.37. The van der Waals surface area contributed by atoms with Crippen LogP contribution in [0.15, 0.2) is 36.8 Å². The first kappa shape index (κ1) is 20.8. The van der Waals surface area contributed by atoms with Crippen molar-refractivity contribution in [2.24, 2.45) is 0 Å². The molecule has 6 nitrogen and oxygen atoms in total. The first-order valence-electron chi connectivity index (χ1n) is 10.9. The Kier molecular flexibility index (Phi) is 5.06. The second-order valence-electron chi connectivity index (χ2n) is 8.37. The zero-order valence-electron chi connectivity index (χ0n) is 17.9. The summed E-state index contributed by atoms with van der Waals surface area (Å²) in [5.41, 5.74) is 3.70. The van der Waals surface area contributed by atoms with E-state index in [4.69, 9.17) is 4.74 Å². The predicted molar refractivity (Wildman–Crippen MR) is 114 cm³/mol. The zero-order chi connectivity index (χ0) is 22.5. The highest BCUT2D eigenvalue weighted by atomic mass is 19.4. The van der Waals surface area contributed by atoms with Crippen LogP contribution < -0.4 is 9.64 Å². The van der Waals surface area contributed by atoms with E-state index in [1.54, 1.807) is 6.20 Å². The van der Waals surface area contributed by atoms with Gasteiger partial charge in [-0.2, -0.15) is 23.3 Å². The third kappa shape index (κ3) is 3.80. The zero-order valence-corrected chi connectivity index (χ0v) is 17.9. The third-order valence-electron chi connectivity index (χ3n) is 6.15. The maximum atomic E-state index is 13.2. The van der Waals surface area contributed by atoms with Crippen molar-refractivity contribution in [1.82, 2.24) is 19.7 Å². The number of halogens is 3. The van der Waals surface area contributed by atoms with Crippen LogP contribution in [0.4, 0.5) is 18.9 Å². The number of alkyl halides is 3. The molecule has 9 heteroatoms. The van der Waals surface area contributed by atoms with Crippen LogP contribution in [-0.2, 0) is 12.6 Å². The number of anilines is 1. The summed E-state index contributed by atoms with van der Waals surface area (Å²) in [5.74, 6) is -0.806. The Morgan fingerprint density at radius 2 is 1.97 bits per heavy atom. The van der Waals surface area contributed by atoms with Crippen molar-refractivity contribution in [3.05, 3.63) is 48.2 Å². The minimum absolute atomic E-state index is 0.127. The van der Waals surface area contributed by atoms with Crippen LogP contribution in [-0.4, -0.2) is 32.3 Å². The average molecular weight is 443 g/mol. The molecule has 1 aliphatic heterocycles. The van der Waals surface area contributed by atoms with Crippen molar-refractivity contribution >= 4 is 5.69 Å². The Bertz CT molecular complexity index is 1140. The van der Waals surface area contributed by atoms with Crippen molar-refractivity contribution in [1.29, 1.82) is 0 Å². The fourth-order valence-corrected chi connectivity index (χ4v) is 4.36. The lowest BCUT2D eigenvalue weighted by molar-refractivity contribution is -0.145. The van der Waals surface area contributed by atoms with Crippen LogP contribution in [0.3, 0.4) is 0 Å². The fourth-order valence-electron chi connectivity index (χ4n) is 4.36. The molecule has 1 atom stereocenters. The number of rotatable bonds is 5. The van der Waals surface area contributed by atoms with Gasteiger partial charge in [-0.1, -0.05) is 0 Å². The summed E-state index contributed by atoms with van der Waals surface area (Å²) < 4.78 is 47.5. The highest BCUT2D eigenvalue weighted by Crippen LogP contribution is 2.45. The van der Waals surface area contributed by atoms with Gasteiger partial charge in [0.2, 0.25) is 11.7 Å². The first-order chi connectivity index (χ1) is 15.3. The second kappa shape index (κ2) is 7.79. The summed E-state index contributed by atoms with van der Waals surface area (Å²) in [4.78, 5) is 9.27. The van der Waals surface area contributed by atoms with Crippen molar-refractivity contribution in [3.63, 3.8) is 0 Å². The minimum Gasteiger partial charge on any atom is -0.438 e. The lowest BCUT2D eigenvalue weighted by atomic mass is 9.92. The van der Waals surface area contributed by atoms with Gasteiger partial charge in [-0.15, -0.1) is 0 Å². The van der Waals surface area contributed by atoms with Gasteiger partial charge in [0.05, 0.1) is 12.2 Å². The summed E-state index contributed by atoms with van der Waals surface area (Å²) in [7, 11) is 0. The summed E-state index contributed by atoms with van der Waals surface area (Å²) in [6, 6.07) is 6.20. The Morgan fingerprint density at radius 1 is 1.16 bits per heavy atom. The molecule has 32 heavy (non-hydrogen) atoms. The number of aromatic nitrogens is 4. The van der Waals surface area contributed by atoms with Crippen LogP contribution in [0, 0.1) is 0 Å². The van der Waals surface area contributed by atoms with Crippen LogP contribution in [0.2, 0.25) is 0 Å². The lowest BCUT2D eigenvalue weighted by Crippen LogP contribution is -2.37. The molecule has 2 aliphatic rings. The number of fused-ring (bicyclic) bond motifs is 1. The van der Waals surface area contributed by atoms with Gasteiger partial charge in [-0.05, 0) is 51.7 Å². The summed E-state index contributed by atoms with van der Waals surface area (Å²) in [6.07, 6.45) is 4.12. The van der Waals surface area contributed by atoms with E-state index < -0.39 is 12.0 Å². The van der Waals surface area contributed by atoms with E-state index in [1.807, 2.05) is 16.9 Å². The van der Waals surface area contributed by atoms with Gasteiger partial charge >= 0.3 is 6.18 Å². The molecule has 1 aliphatic carbocycles. The Hall–Kier alpha value is -3.10. The van der Waals surface area contributed by atoms with Crippen molar-refractivity contribution in [2.75, 3.05) is 11.4 Å². The number of benzene rings is 1. The maximum Gasteiger partial charge on any atom is 0.451 e. The van der Waals surface area contributed by atoms with E-state index >= 15 is 0 Å². The van der Waals surface area contributed by atoms with Crippen molar-refractivity contribution in [2.45, 2.75) is 57.8 Å². The SMILES string of the molecule is CCN1c2ccc(-c3cnn(C4CC4)c3)c(Oc3ccnc(C(F)(F)F)n3)c2CC[C@@H]1C. The third-order valence-corrected chi connectivity index (χ3v) is 6.15. The molecule has 3 heterocycles. The molecule has 0 unspecified atom stereocenters. The molecule has 0 bridgehead atoms. The number of nitrogens with zero attached hydrogens (tertiary/aromatic N) is 5. The van der Waals surface area contributed by atoms with E-state index in [0.29, 0.717) is 17.8 Å². The van der Waals surface area contributed by atoms with Crippen molar-refractivity contribution < 1.29 is 17.9 Å². The van der Waals surface area contributed by atoms with Gasteiger partial charge in [0.1, 0.15) is 5.75 Å². The van der Waals surface area contributed by atoms with Crippen LogP contribution in [0.5, 0.6) is 11.6 Å². The summed E-state index contributed by atoms with van der Waals surface area (Å²) in [5, 5.41) is 4.48. The van der Waals surface area contributed by atoms with E-state index in [0.717, 1.165) is 60.8 Å². The van der Waals surface area contributed by atoms with Crippen LogP contribution in [0.1, 0.15) is 50.5 Å². The molecule has 1 aromatic carbocycles. The highest BCUT2D eigenvalue weighted by molar-refractivity contribution is 5.78. The normalized spacial score (nSPS) is 18.5. The van der Waals surface area contributed by atoms with Gasteiger partial charge in [0, 0.05) is 53.4 Å². The van der Waals surface area contributed by atoms with Crippen molar-refractivity contribution in [3.8, 4) is 22.8 Å². The summed E-state index contributed by atoms with van der Waals surface area (Å²) >= 11 is 0. The largest absolute Gasteiger partial charge is 0.451 e. The van der Waals surface area contributed by atoms with E-state index in [2.05, 4.69) is 39.9 Å². The molecule has 5 rings (SSSR count). The molecule has 168 valence electrons. The molecule has 0 radical (unpaired) electrons. The summed E-state index contributed by atoms with van der Waals surface area (Å²) in [6.45, 7) is 5.11. The van der Waals surface area contributed by atoms with E-state index in [-0.39, 0.29) is 5.88 Å². The first-order valence-corrected chi connectivity index (χ1v) is 10.9. The standard InChI is InChI=1S/C23H24F3N5O/c1-3-30-14(2)4-7-18-19(30)9-8-17(15-12-28-31(13-15)16-5-6-16)21(18)32-20-10-11-27-22(29-20)23(24,25)26/h8-14,16H,3-7H2,1-2H3/t14-/m0/s1. The quantitative estimate of drug-likeness (QED) is 0.510. The lowest BCUT2D eigenvalue weighted by Gasteiger charge is -2.37. The smallest absolute Gasteiger partial charge is 0.438 e. The van der Waals surface area contributed by atoms with Gasteiger partial charge in [-0.25, -0.2) is 4.98 Å². The van der Waals surface area contributed by atoms with Gasteiger partial charge in [0.25, 0.3) is 0 Å². The Morgan fingerprint density at radius 3 is 2.69 bits per heavy atom. The van der Waals surface area contributed by atoms with Gasteiger partial charge in [-0.3, -0.25) is 4.68 Å². The highest BCUT2D eigenvalue weighted by Gasteiger charge is 2.35. The van der Waals surface area contributed by atoms with E-state index in [1.165, 1.54) is 6.07 Å². The van der Waals surface area contributed by atoms with Gasteiger partial charge in [0.15, 0.2) is 0 Å². The molecule has 3 aromatic rings. The van der Waals surface area contributed by atoms with E-state index in [9.17, 15) is 13.2 Å². The average Bonchev–Trinajstić information content (AvgIpc) is 3.50. The van der Waals surface area contributed by atoms with Gasteiger partial charge < -0.3 is 9.64 Å². The van der Waals surface area contributed by atoms with Crippen LogP contribution in [0.25, 0.3) is 11.1 Å². The Labute approximate surface area is 184 Å². The molecule has 0 spiro atoms. The monoisotopic (exact) mass is 443 g/mol. The molecule has 1 fully saturated rings. The topological polar surface area (TPSA) is 56.1 Å². The fraction of sp³-hybridized carbons (Fsp3) is 0.435. The number of hydrogen-bond acceptors (Lipinski definition) is 5. The molecule has 1 saturated carbocycles. The minimum atomic E-state index is -4.64. The number of ether oxygens (including phenoxy) is 1. The molecule has 2 aromatic heterocycles. The van der Waals surface area contributed by atoms with Crippen LogP contribution >= 0.6 is 0 Å². The predicted octanol–water partition coefficient (Wildman–Crippen LogP) is 5.65. The molecule has 0 N–H and O–H groups in total. The Balaban J connectivity index is 1.61. The molecular formula is C23H24F3N5O. The number of hydrogen-bond donors (Lipinski definition) is 0.